The van der Waals surface area contributed by atoms with Crippen molar-refractivity contribution in [1.82, 2.24) is 15.1 Å². The Kier molecular flexibility index (Phi) is 7.32. The maximum absolute atomic E-state index is 12.4. The summed E-state index contributed by atoms with van der Waals surface area (Å²) >= 11 is 0. The number of rotatable bonds is 9. The summed E-state index contributed by atoms with van der Waals surface area (Å²) in [5.74, 6) is 1.61. The van der Waals surface area contributed by atoms with Crippen molar-refractivity contribution in [1.29, 1.82) is 0 Å². The molecular formula is C21H32N4O3S. The molecule has 1 aromatic heterocycles. The smallest absolute Gasteiger partial charge is 0.178 e. The summed E-state index contributed by atoms with van der Waals surface area (Å²) in [5.41, 5.74) is 2.30. The van der Waals surface area contributed by atoms with Gasteiger partial charge in [0.15, 0.2) is 9.84 Å². The van der Waals surface area contributed by atoms with Gasteiger partial charge in [0.2, 0.25) is 0 Å². The largest absolute Gasteiger partial charge is 0.378 e. The van der Waals surface area contributed by atoms with E-state index in [1.54, 1.807) is 24.3 Å². The van der Waals surface area contributed by atoms with Crippen molar-refractivity contribution >= 4 is 15.7 Å². The molecule has 0 unspecified atom stereocenters. The minimum absolute atomic E-state index is 0.143. The molecule has 0 amide bonds. The van der Waals surface area contributed by atoms with Gasteiger partial charge in [0, 0.05) is 32.2 Å². The van der Waals surface area contributed by atoms with E-state index in [9.17, 15) is 8.42 Å². The summed E-state index contributed by atoms with van der Waals surface area (Å²) in [5, 5.41) is 8.20. The van der Waals surface area contributed by atoms with E-state index in [1.165, 1.54) is 5.56 Å². The highest BCUT2D eigenvalue weighted by atomic mass is 32.2. The first-order chi connectivity index (χ1) is 13.9. The molecule has 2 aromatic rings. The Hall–Kier alpha value is -1.90. The predicted octanol–water partition coefficient (Wildman–Crippen LogP) is 2.33. The van der Waals surface area contributed by atoms with Crippen LogP contribution in [-0.2, 0) is 28.2 Å². The van der Waals surface area contributed by atoms with Crippen molar-refractivity contribution in [2.75, 3.05) is 43.5 Å². The van der Waals surface area contributed by atoms with E-state index in [-0.39, 0.29) is 5.75 Å². The van der Waals surface area contributed by atoms with Gasteiger partial charge in [-0.2, -0.15) is 5.10 Å². The monoisotopic (exact) mass is 420 g/mol. The number of benzene rings is 1. The lowest BCUT2D eigenvalue weighted by Gasteiger charge is -2.29. The lowest BCUT2D eigenvalue weighted by atomic mass is 10.0. The number of anilines is 1. The van der Waals surface area contributed by atoms with Crippen LogP contribution >= 0.6 is 0 Å². The molecule has 1 N–H and O–H groups in total. The number of morpholine rings is 1. The molecule has 0 atom stereocenters. The third-order valence-corrected chi connectivity index (χ3v) is 6.99. The van der Waals surface area contributed by atoms with E-state index in [4.69, 9.17) is 9.84 Å². The van der Waals surface area contributed by atoms with Crippen molar-refractivity contribution in [3.05, 3.63) is 41.6 Å². The van der Waals surface area contributed by atoms with Crippen LogP contribution in [-0.4, -0.2) is 56.8 Å². The van der Waals surface area contributed by atoms with Crippen LogP contribution in [0.15, 0.2) is 35.2 Å². The van der Waals surface area contributed by atoms with Crippen LogP contribution in [0.3, 0.4) is 0 Å². The molecule has 0 spiro atoms. The van der Waals surface area contributed by atoms with Gasteiger partial charge in [-0.05, 0) is 31.0 Å². The van der Waals surface area contributed by atoms with E-state index in [0.29, 0.717) is 30.3 Å². The summed E-state index contributed by atoms with van der Waals surface area (Å²) in [4.78, 5) is 2.73. The minimum atomic E-state index is -3.23. The highest BCUT2D eigenvalue weighted by Gasteiger charge is 2.24. The SMILES string of the molecule is CC(C)c1nn(C)c(N2CCOCC2)c1CNCCCS(=O)(=O)c1ccccc1. The topological polar surface area (TPSA) is 76.5 Å². The second-order valence-corrected chi connectivity index (χ2v) is 9.84. The Morgan fingerprint density at radius 1 is 1.17 bits per heavy atom. The lowest BCUT2D eigenvalue weighted by molar-refractivity contribution is 0.122. The van der Waals surface area contributed by atoms with Gasteiger partial charge in [-0.25, -0.2) is 8.42 Å². The van der Waals surface area contributed by atoms with Crippen molar-refractivity contribution in [2.24, 2.45) is 7.05 Å². The second kappa shape index (κ2) is 9.73. The predicted molar refractivity (Wildman–Crippen MR) is 115 cm³/mol. The molecule has 0 bridgehead atoms. The Labute approximate surface area is 174 Å². The fraction of sp³-hybridized carbons (Fsp3) is 0.571. The van der Waals surface area contributed by atoms with Crippen molar-refractivity contribution < 1.29 is 13.2 Å². The zero-order valence-corrected chi connectivity index (χ0v) is 18.4. The zero-order chi connectivity index (χ0) is 20.9. The molecule has 0 saturated carbocycles. The maximum atomic E-state index is 12.4. The van der Waals surface area contributed by atoms with Crippen molar-refractivity contribution in [3.8, 4) is 0 Å². The van der Waals surface area contributed by atoms with Crippen molar-refractivity contribution in [2.45, 2.75) is 37.6 Å². The molecule has 1 aliphatic rings. The summed E-state index contributed by atoms with van der Waals surface area (Å²) in [6.45, 7) is 8.81. The summed E-state index contributed by atoms with van der Waals surface area (Å²) in [7, 11) is -1.23. The molecule has 8 heteroatoms. The van der Waals surface area contributed by atoms with E-state index in [1.807, 2.05) is 17.8 Å². The van der Waals surface area contributed by atoms with Crippen LogP contribution in [0.2, 0.25) is 0 Å². The quantitative estimate of drug-likeness (QED) is 0.628. The summed E-state index contributed by atoms with van der Waals surface area (Å²) in [6.07, 6.45) is 0.571. The molecule has 1 aliphatic heterocycles. The lowest BCUT2D eigenvalue weighted by Crippen LogP contribution is -2.38. The van der Waals surface area contributed by atoms with Crippen LogP contribution in [0.25, 0.3) is 0 Å². The molecule has 160 valence electrons. The highest BCUT2D eigenvalue weighted by Crippen LogP contribution is 2.29. The number of aromatic nitrogens is 2. The molecular weight excluding hydrogens is 388 g/mol. The number of hydrogen-bond acceptors (Lipinski definition) is 6. The van der Waals surface area contributed by atoms with Crippen LogP contribution in [0, 0.1) is 0 Å². The Morgan fingerprint density at radius 3 is 2.52 bits per heavy atom. The number of nitrogens with zero attached hydrogens (tertiary/aromatic N) is 3. The van der Waals surface area contributed by atoms with E-state index < -0.39 is 9.84 Å². The average Bonchev–Trinajstić information content (AvgIpc) is 3.05. The van der Waals surface area contributed by atoms with Gasteiger partial charge in [-0.1, -0.05) is 32.0 Å². The number of aryl methyl sites for hydroxylation is 1. The zero-order valence-electron chi connectivity index (χ0n) is 17.6. The molecule has 29 heavy (non-hydrogen) atoms. The summed E-state index contributed by atoms with van der Waals surface area (Å²) < 4.78 is 32.3. The van der Waals surface area contributed by atoms with Crippen molar-refractivity contribution in [3.63, 3.8) is 0 Å². The maximum Gasteiger partial charge on any atom is 0.178 e. The summed E-state index contributed by atoms with van der Waals surface area (Å²) in [6, 6.07) is 8.65. The molecule has 7 nitrogen and oxygen atoms in total. The van der Waals surface area contributed by atoms with Gasteiger partial charge >= 0.3 is 0 Å². The van der Waals surface area contributed by atoms with Gasteiger partial charge in [0.1, 0.15) is 5.82 Å². The normalized spacial score (nSPS) is 15.2. The standard InChI is InChI=1S/C21H32N4O3S/c1-17(2)20-19(21(24(3)23-20)25-11-13-28-14-12-25)16-22-10-7-15-29(26,27)18-8-5-4-6-9-18/h4-6,8-9,17,22H,7,10-16H2,1-3H3. The fourth-order valence-electron chi connectivity index (χ4n) is 3.73. The third-order valence-electron chi connectivity index (χ3n) is 5.17. The Bertz CT molecular complexity index is 888. The average molecular weight is 421 g/mol. The Morgan fingerprint density at radius 2 is 1.86 bits per heavy atom. The van der Waals surface area contributed by atoms with Crippen LogP contribution < -0.4 is 10.2 Å². The molecule has 3 rings (SSSR count). The molecule has 1 saturated heterocycles. The van der Waals surface area contributed by atoms with E-state index in [0.717, 1.165) is 37.8 Å². The third kappa shape index (κ3) is 5.38. The van der Waals surface area contributed by atoms with Gasteiger partial charge in [0.05, 0.1) is 29.6 Å². The fourth-order valence-corrected chi connectivity index (χ4v) is 5.06. The number of ether oxygens (including phenoxy) is 1. The molecule has 0 aliphatic carbocycles. The number of nitrogens with one attached hydrogen (secondary N) is 1. The Balaban J connectivity index is 1.61. The van der Waals surface area contributed by atoms with E-state index in [2.05, 4.69) is 24.1 Å². The second-order valence-electron chi connectivity index (χ2n) is 7.73. The first kappa shape index (κ1) is 21.8. The first-order valence-electron chi connectivity index (χ1n) is 10.3. The number of hydrogen-bond donors (Lipinski definition) is 1. The van der Waals surface area contributed by atoms with Crippen LogP contribution in [0.5, 0.6) is 0 Å². The molecule has 1 aromatic carbocycles. The van der Waals surface area contributed by atoms with Gasteiger partial charge in [0.25, 0.3) is 0 Å². The van der Waals surface area contributed by atoms with Gasteiger partial charge < -0.3 is 15.0 Å². The molecule has 2 heterocycles. The molecule has 1 fully saturated rings. The van der Waals surface area contributed by atoms with Gasteiger partial charge in [-0.15, -0.1) is 0 Å². The van der Waals surface area contributed by atoms with Crippen LogP contribution in [0.1, 0.15) is 37.4 Å². The van der Waals surface area contributed by atoms with E-state index >= 15 is 0 Å². The highest BCUT2D eigenvalue weighted by molar-refractivity contribution is 7.91. The number of sulfone groups is 1. The minimum Gasteiger partial charge on any atom is -0.378 e. The molecule has 0 radical (unpaired) electrons. The first-order valence-corrected chi connectivity index (χ1v) is 11.9. The van der Waals surface area contributed by atoms with Gasteiger partial charge in [-0.3, -0.25) is 4.68 Å². The van der Waals surface area contributed by atoms with Crippen LogP contribution in [0.4, 0.5) is 5.82 Å².